The summed E-state index contributed by atoms with van der Waals surface area (Å²) in [6.07, 6.45) is 3.03. The van der Waals surface area contributed by atoms with Crippen LogP contribution in [0.1, 0.15) is 18.1 Å². The van der Waals surface area contributed by atoms with Gasteiger partial charge in [0, 0.05) is 19.2 Å². The average molecular weight is 287 g/mol. The Hall–Kier alpha value is -2.16. The molecule has 0 aliphatic rings. The molecule has 1 rings (SSSR count). The zero-order chi connectivity index (χ0) is 15.9. The van der Waals surface area contributed by atoms with Crippen LogP contribution in [0.5, 0.6) is 0 Å². The third-order valence-electron chi connectivity index (χ3n) is 2.74. The SMILES string of the molecule is CN(C)CC(C)(O)CNC(=O)/C=C/c1cccc(C#N)c1. The number of amides is 1. The number of hydrogen-bond donors (Lipinski definition) is 2. The molecule has 21 heavy (non-hydrogen) atoms. The first-order valence-corrected chi connectivity index (χ1v) is 6.65. The number of nitrogens with one attached hydrogen (secondary N) is 1. The van der Waals surface area contributed by atoms with Gasteiger partial charge in [-0.25, -0.2) is 0 Å². The fourth-order valence-electron chi connectivity index (χ4n) is 1.96. The maximum Gasteiger partial charge on any atom is 0.244 e. The van der Waals surface area contributed by atoms with Gasteiger partial charge in [-0.3, -0.25) is 4.79 Å². The van der Waals surface area contributed by atoms with Gasteiger partial charge in [-0.2, -0.15) is 5.26 Å². The number of likely N-dealkylation sites (N-methyl/N-ethyl adjacent to an activating group) is 1. The van der Waals surface area contributed by atoms with E-state index in [1.165, 1.54) is 6.08 Å². The van der Waals surface area contributed by atoms with E-state index in [1.54, 1.807) is 31.2 Å². The molecule has 0 saturated heterocycles. The van der Waals surface area contributed by atoms with Crippen molar-refractivity contribution in [1.29, 1.82) is 5.26 Å². The second kappa shape index (κ2) is 7.58. The van der Waals surface area contributed by atoms with Crippen molar-refractivity contribution in [2.24, 2.45) is 0 Å². The number of benzene rings is 1. The molecule has 5 heteroatoms. The van der Waals surface area contributed by atoms with E-state index in [2.05, 4.69) is 5.32 Å². The highest BCUT2D eigenvalue weighted by Crippen LogP contribution is 2.06. The fraction of sp³-hybridized carbons (Fsp3) is 0.375. The van der Waals surface area contributed by atoms with Gasteiger partial charge in [0.1, 0.15) is 0 Å². The van der Waals surface area contributed by atoms with E-state index in [1.807, 2.05) is 31.1 Å². The minimum atomic E-state index is -0.978. The van der Waals surface area contributed by atoms with E-state index in [0.29, 0.717) is 12.1 Å². The van der Waals surface area contributed by atoms with E-state index in [0.717, 1.165) is 5.56 Å². The largest absolute Gasteiger partial charge is 0.387 e. The van der Waals surface area contributed by atoms with Gasteiger partial charge in [-0.05, 0) is 44.8 Å². The maximum atomic E-state index is 11.7. The zero-order valence-corrected chi connectivity index (χ0v) is 12.6. The van der Waals surface area contributed by atoms with E-state index in [-0.39, 0.29) is 12.5 Å². The van der Waals surface area contributed by atoms with Crippen LogP contribution in [0.2, 0.25) is 0 Å². The summed E-state index contributed by atoms with van der Waals surface area (Å²) >= 11 is 0. The highest BCUT2D eigenvalue weighted by Gasteiger charge is 2.21. The van der Waals surface area contributed by atoms with Crippen LogP contribution in [0.3, 0.4) is 0 Å². The van der Waals surface area contributed by atoms with Crippen molar-refractivity contribution in [2.75, 3.05) is 27.2 Å². The molecule has 0 spiro atoms. The monoisotopic (exact) mass is 287 g/mol. The summed E-state index contributed by atoms with van der Waals surface area (Å²) in [6.45, 7) is 2.31. The third kappa shape index (κ3) is 6.70. The molecule has 1 atom stereocenters. The second-order valence-electron chi connectivity index (χ2n) is 5.52. The summed E-state index contributed by atoms with van der Waals surface area (Å²) in [5.41, 5.74) is 0.351. The fourth-order valence-corrected chi connectivity index (χ4v) is 1.96. The Balaban J connectivity index is 2.53. The molecule has 1 unspecified atom stereocenters. The molecule has 0 aromatic heterocycles. The van der Waals surface area contributed by atoms with Gasteiger partial charge < -0.3 is 15.3 Å². The molecule has 0 fully saturated rings. The Kier molecular flexibility index (Phi) is 6.10. The summed E-state index contributed by atoms with van der Waals surface area (Å²) in [6, 6.07) is 9.02. The Labute approximate surface area is 125 Å². The summed E-state index contributed by atoms with van der Waals surface area (Å²) in [5.74, 6) is -0.281. The number of aliphatic hydroxyl groups is 1. The van der Waals surface area contributed by atoms with Crippen molar-refractivity contribution < 1.29 is 9.90 Å². The summed E-state index contributed by atoms with van der Waals surface area (Å²) in [5, 5.41) is 21.5. The molecule has 0 bridgehead atoms. The predicted molar refractivity (Wildman–Crippen MR) is 82.4 cm³/mol. The van der Waals surface area contributed by atoms with Gasteiger partial charge in [-0.15, -0.1) is 0 Å². The average Bonchev–Trinajstić information content (AvgIpc) is 2.42. The molecule has 0 heterocycles. The van der Waals surface area contributed by atoms with Crippen LogP contribution < -0.4 is 5.32 Å². The first-order valence-electron chi connectivity index (χ1n) is 6.65. The summed E-state index contributed by atoms with van der Waals surface area (Å²) in [4.78, 5) is 13.6. The van der Waals surface area contributed by atoms with Gasteiger partial charge in [0.25, 0.3) is 0 Å². The van der Waals surface area contributed by atoms with E-state index in [4.69, 9.17) is 5.26 Å². The molecule has 1 aromatic rings. The summed E-state index contributed by atoms with van der Waals surface area (Å²) < 4.78 is 0. The molecule has 5 nitrogen and oxygen atoms in total. The minimum absolute atomic E-state index is 0.173. The van der Waals surface area contributed by atoms with Crippen LogP contribution in [0, 0.1) is 11.3 Å². The molecule has 0 saturated carbocycles. The van der Waals surface area contributed by atoms with Gasteiger partial charge in [0.05, 0.1) is 17.2 Å². The number of nitriles is 1. The molecule has 112 valence electrons. The van der Waals surface area contributed by atoms with Crippen molar-refractivity contribution in [1.82, 2.24) is 10.2 Å². The molecule has 1 amide bonds. The van der Waals surface area contributed by atoms with E-state index < -0.39 is 5.60 Å². The van der Waals surface area contributed by atoms with Crippen molar-refractivity contribution >= 4 is 12.0 Å². The molecule has 1 aromatic carbocycles. The predicted octanol–water partition coefficient (Wildman–Crippen LogP) is 1.00. The number of carbonyl (C=O) groups excluding carboxylic acids is 1. The highest BCUT2D eigenvalue weighted by molar-refractivity contribution is 5.91. The molecule has 0 radical (unpaired) electrons. The van der Waals surface area contributed by atoms with Crippen LogP contribution in [-0.2, 0) is 4.79 Å². The van der Waals surface area contributed by atoms with Crippen LogP contribution in [0.15, 0.2) is 30.3 Å². The number of carbonyl (C=O) groups is 1. The molecule has 2 N–H and O–H groups in total. The minimum Gasteiger partial charge on any atom is -0.387 e. The topological polar surface area (TPSA) is 76.4 Å². The second-order valence-corrected chi connectivity index (χ2v) is 5.52. The molecular formula is C16H21N3O2. The summed E-state index contributed by atoms with van der Waals surface area (Å²) in [7, 11) is 3.72. The highest BCUT2D eigenvalue weighted by atomic mass is 16.3. The molecular weight excluding hydrogens is 266 g/mol. The van der Waals surface area contributed by atoms with Crippen molar-refractivity contribution in [2.45, 2.75) is 12.5 Å². The van der Waals surface area contributed by atoms with Crippen LogP contribution in [0.4, 0.5) is 0 Å². The van der Waals surface area contributed by atoms with Crippen molar-refractivity contribution in [3.63, 3.8) is 0 Å². The van der Waals surface area contributed by atoms with Crippen molar-refractivity contribution in [3.05, 3.63) is 41.5 Å². The first kappa shape index (κ1) is 16.9. The Bertz CT molecular complexity index is 557. The van der Waals surface area contributed by atoms with Crippen LogP contribution >= 0.6 is 0 Å². The zero-order valence-electron chi connectivity index (χ0n) is 12.6. The van der Waals surface area contributed by atoms with Crippen LogP contribution in [-0.4, -0.2) is 48.7 Å². The standard InChI is InChI=1S/C16H21N3O2/c1-16(21,12-19(2)3)11-18-15(20)8-7-13-5-4-6-14(9-13)10-17/h4-9,21H,11-12H2,1-3H3,(H,18,20)/b8-7+. The first-order chi connectivity index (χ1) is 9.82. The number of rotatable bonds is 6. The number of hydrogen-bond acceptors (Lipinski definition) is 4. The third-order valence-corrected chi connectivity index (χ3v) is 2.74. The molecule has 0 aliphatic carbocycles. The van der Waals surface area contributed by atoms with Gasteiger partial charge in [0.15, 0.2) is 0 Å². The van der Waals surface area contributed by atoms with E-state index >= 15 is 0 Å². The lowest BCUT2D eigenvalue weighted by Crippen LogP contribution is -2.46. The lowest BCUT2D eigenvalue weighted by atomic mass is 10.1. The Morgan fingerprint density at radius 3 is 2.86 bits per heavy atom. The quantitative estimate of drug-likeness (QED) is 0.765. The van der Waals surface area contributed by atoms with Gasteiger partial charge in [0.2, 0.25) is 5.91 Å². The van der Waals surface area contributed by atoms with E-state index in [9.17, 15) is 9.90 Å². The lowest BCUT2D eigenvalue weighted by Gasteiger charge is -2.26. The van der Waals surface area contributed by atoms with Crippen molar-refractivity contribution in [3.8, 4) is 6.07 Å². The molecule has 0 aliphatic heterocycles. The smallest absolute Gasteiger partial charge is 0.244 e. The Morgan fingerprint density at radius 2 is 2.24 bits per heavy atom. The van der Waals surface area contributed by atoms with Gasteiger partial charge >= 0.3 is 0 Å². The Morgan fingerprint density at radius 1 is 1.52 bits per heavy atom. The number of nitrogens with zero attached hydrogens (tertiary/aromatic N) is 2. The van der Waals surface area contributed by atoms with Gasteiger partial charge in [-0.1, -0.05) is 12.1 Å². The maximum absolute atomic E-state index is 11.7. The van der Waals surface area contributed by atoms with Crippen LogP contribution in [0.25, 0.3) is 6.08 Å². The normalized spacial score (nSPS) is 13.9. The lowest BCUT2D eigenvalue weighted by molar-refractivity contribution is -0.117.